The van der Waals surface area contributed by atoms with Crippen molar-refractivity contribution in [3.8, 4) is 0 Å². The van der Waals surface area contributed by atoms with Crippen LogP contribution in [0.1, 0.15) is 31.7 Å². The van der Waals surface area contributed by atoms with Crippen LogP contribution in [0.25, 0.3) is 0 Å². The molecular weight excluding hydrogens is 367 g/mol. The summed E-state index contributed by atoms with van der Waals surface area (Å²) in [6.45, 7) is 2.48. The average Bonchev–Trinajstić information content (AvgIpc) is 2.66. The number of benzene rings is 2. The number of anilines is 1. The van der Waals surface area contributed by atoms with Gasteiger partial charge in [0.15, 0.2) is 0 Å². The lowest BCUT2D eigenvalue weighted by Gasteiger charge is -2.17. The molecule has 2 aromatic carbocycles. The van der Waals surface area contributed by atoms with Crippen molar-refractivity contribution in [2.45, 2.75) is 37.5 Å². The van der Waals surface area contributed by atoms with Gasteiger partial charge in [-0.1, -0.05) is 25.5 Å². The van der Waals surface area contributed by atoms with Gasteiger partial charge in [-0.05, 0) is 54.8 Å². The van der Waals surface area contributed by atoms with Crippen molar-refractivity contribution in [2.75, 3.05) is 18.9 Å². The third-order valence-corrected chi connectivity index (χ3v) is 6.10. The lowest BCUT2D eigenvalue weighted by atomic mass is 10.1. The highest BCUT2D eigenvalue weighted by atomic mass is 32.2. The topological polar surface area (TPSA) is 66.5 Å². The smallest absolute Gasteiger partial charge is 0.242 e. The molecule has 0 aromatic heterocycles. The first-order valence-electron chi connectivity index (χ1n) is 8.93. The summed E-state index contributed by atoms with van der Waals surface area (Å²) < 4.78 is 39.1. The van der Waals surface area contributed by atoms with Gasteiger partial charge in [-0.15, -0.1) is 0 Å². The Balaban J connectivity index is 1.92. The summed E-state index contributed by atoms with van der Waals surface area (Å²) >= 11 is 0. The zero-order chi connectivity index (χ0) is 19.9. The van der Waals surface area contributed by atoms with Gasteiger partial charge in [0.2, 0.25) is 15.9 Å². The molecule has 2 aromatic rings. The molecule has 0 aliphatic heterocycles. The molecule has 5 nitrogen and oxygen atoms in total. The number of sulfonamides is 1. The van der Waals surface area contributed by atoms with Crippen molar-refractivity contribution in [2.24, 2.45) is 0 Å². The summed E-state index contributed by atoms with van der Waals surface area (Å²) in [5, 5.41) is 2.74. The molecule has 0 heterocycles. The molecule has 0 unspecified atom stereocenters. The minimum Gasteiger partial charge on any atom is -0.326 e. The Morgan fingerprint density at radius 1 is 1.07 bits per heavy atom. The van der Waals surface area contributed by atoms with Gasteiger partial charge < -0.3 is 5.32 Å². The molecule has 0 fully saturated rings. The van der Waals surface area contributed by atoms with Crippen molar-refractivity contribution >= 4 is 21.6 Å². The maximum atomic E-state index is 12.9. The minimum absolute atomic E-state index is 0.185. The molecule has 0 saturated carbocycles. The monoisotopic (exact) mass is 392 g/mol. The van der Waals surface area contributed by atoms with E-state index in [1.807, 2.05) is 6.92 Å². The van der Waals surface area contributed by atoms with Crippen molar-refractivity contribution in [3.05, 3.63) is 59.9 Å². The molecule has 0 saturated heterocycles. The molecule has 7 heteroatoms. The van der Waals surface area contributed by atoms with Crippen LogP contribution in [0.5, 0.6) is 0 Å². The standard InChI is InChI=1S/C20H25FN2O3S/c1-3-4-15-23(2)27(25,26)19-12-10-18(11-13-19)22-20(24)14-7-16-5-8-17(21)9-6-16/h5-6,8-13H,3-4,7,14-15H2,1-2H3,(H,22,24). The van der Waals surface area contributed by atoms with Gasteiger partial charge in [0.25, 0.3) is 0 Å². The molecule has 0 aliphatic rings. The number of nitrogens with one attached hydrogen (secondary N) is 1. The molecule has 146 valence electrons. The van der Waals surface area contributed by atoms with E-state index in [9.17, 15) is 17.6 Å². The Kier molecular flexibility index (Phi) is 7.50. The van der Waals surface area contributed by atoms with E-state index in [0.717, 1.165) is 18.4 Å². The van der Waals surface area contributed by atoms with E-state index >= 15 is 0 Å². The second kappa shape index (κ2) is 9.62. The van der Waals surface area contributed by atoms with Gasteiger partial charge in [-0.3, -0.25) is 4.79 Å². The van der Waals surface area contributed by atoms with Crippen LogP contribution in [0.3, 0.4) is 0 Å². The van der Waals surface area contributed by atoms with Crippen LogP contribution in [0.15, 0.2) is 53.4 Å². The van der Waals surface area contributed by atoms with Crippen LogP contribution in [-0.2, 0) is 21.2 Å². The average molecular weight is 392 g/mol. The Morgan fingerprint density at radius 2 is 1.70 bits per heavy atom. The molecule has 0 radical (unpaired) electrons. The van der Waals surface area contributed by atoms with E-state index in [-0.39, 0.29) is 23.0 Å². The lowest BCUT2D eigenvalue weighted by Crippen LogP contribution is -2.27. The van der Waals surface area contributed by atoms with Crippen LogP contribution in [-0.4, -0.2) is 32.2 Å². The fourth-order valence-corrected chi connectivity index (χ4v) is 3.73. The predicted molar refractivity (Wildman–Crippen MR) is 105 cm³/mol. The quantitative estimate of drug-likeness (QED) is 0.705. The van der Waals surface area contributed by atoms with Crippen LogP contribution in [0.2, 0.25) is 0 Å². The number of hydrogen-bond donors (Lipinski definition) is 1. The summed E-state index contributed by atoms with van der Waals surface area (Å²) in [6.07, 6.45) is 2.48. The van der Waals surface area contributed by atoms with Crippen LogP contribution in [0.4, 0.5) is 10.1 Å². The van der Waals surface area contributed by atoms with Crippen molar-refractivity contribution in [1.82, 2.24) is 4.31 Å². The number of rotatable bonds is 9. The molecule has 1 N–H and O–H groups in total. The van der Waals surface area contributed by atoms with E-state index < -0.39 is 10.0 Å². The normalized spacial score (nSPS) is 11.6. The van der Waals surface area contributed by atoms with Gasteiger partial charge in [0, 0.05) is 25.7 Å². The molecule has 2 rings (SSSR count). The molecule has 0 spiro atoms. The lowest BCUT2D eigenvalue weighted by molar-refractivity contribution is -0.116. The zero-order valence-electron chi connectivity index (χ0n) is 15.6. The predicted octanol–water partition coefficient (Wildman–Crippen LogP) is 3.82. The van der Waals surface area contributed by atoms with Crippen LogP contribution < -0.4 is 5.32 Å². The van der Waals surface area contributed by atoms with Crippen molar-refractivity contribution < 1.29 is 17.6 Å². The van der Waals surface area contributed by atoms with E-state index in [4.69, 9.17) is 0 Å². The number of nitrogens with zero attached hydrogens (tertiary/aromatic N) is 1. The minimum atomic E-state index is -3.52. The Hall–Kier alpha value is -2.25. The van der Waals surface area contributed by atoms with Gasteiger partial charge in [-0.25, -0.2) is 17.1 Å². The molecule has 0 bridgehead atoms. The summed E-state index contributed by atoms with van der Waals surface area (Å²) in [5.74, 6) is -0.492. The van der Waals surface area contributed by atoms with E-state index in [2.05, 4.69) is 5.32 Å². The second-order valence-corrected chi connectivity index (χ2v) is 8.42. The first-order valence-corrected chi connectivity index (χ1v) is 10.4. The maximum Gasteiger partial charge on any atom is 0.242 e. The molecule has 0 aliphatic carbocycles. The first-order chi connectivity index (χ1) is 12.8. The van der Waals surface area contributed by atoms with Gasteiger partial charge in [0.05, 0.1) is 4.90 Å². The summed E-state index contributed by atoms with van der Waals surface area (Å²) in [7, 11) is -1.95. The van der Waals surface area contributed by atoms with Crippen molar-refractivity contribution in [1.29, 1.82) is 0 Å². The maximum absolute atomic E-state index is 12.9. The van der Waals surface area contributed by atoms with Crippen LogP contribution in [0, 0.1) is 5.82 Å². The van der Waals surface area contributed by atoms with Gasteiger partial charge in [0.1, 0.15) is 5.82 Å². The van der Waals surface area contributed by atoms with Gasteiger partial charge in [-0.2, -0.15) is 0 Å². The fraction of sp³-hybridized carbons (Fsp3) is 0.350. The number of carbonyl (C=O) groups excluding carboxylic acids is 1. The largest absolute Gasteiger partial charge is 0.326 e. The number of amides is 1. The Labute approximate surface area is 160 Å². The number of aryl methyl sites for hydroxylation is 1. The summed E-state index contributed by atoms with van der Waals surface area (Å²) in [6, 6.07) is 12.2. The highest BCUT2D eigenvalue weighted by molar-refractivity contribution is 7.89. The summed E-state index contributed by atoms with van der Waals surface area (Å²) in [4.78, 5) is 12.2. The van der Waals surface area contributed by atoms with E-state index in [1.54, 1.807) is 31.3 Å². The van der Waals surface area contributed by atoms with Crippen molar-refractivity contribution in [3.63, 3.8) is 0 Å². The number of halogens is 1. The highest BCUT2D eigenvalue weighted by Crippen LogP contribution is 2.18. The summed E-state index contributed by atoms with van der Waals surface area (Å²) in [5.41, 5.74) is 1.41. The zero-order valence-corrected chi connectivity index (χ0v) is 16.4. The molecule has 0 atom stereocenters. The Morgan fingerprint density at radius 3 is 2.30 bits per heavy atom. The molecule has 1 amide bonds. The first kappa shape index (κ1) is 21.1. The number of unbranched alkanes of at least 4 members (excludes halogenated alkanes) is 1. The fourth-order valence-electron chi connectivity index (χ4n) is 2.52. The SMILES string of the molecule is CCCCN(C)S(=O)(=O)c1ccc(NC(=O)CCc2ccc(F)cc2)cc1. The highest BCUT2D eigenvalue weighted by Gasteiger charge is 2.20. The molecule has 27 heavy (non-hydrogen) atoms. The van der Waals surface area contributed by atoms with E-state index in [1.165, 1.54) is 28.6 Å². The van der Waals surface area contributed by atoms with Crippen LogP contribution >= 0.6 is 0 Å². The second-order valence-electron chi connectivity index (χ2n) is 6.38. The third-order valence-electron chi connectivity index (χ3n) is 4.23. The van der Waals surface area contributed by atoms with E-state index in [0.29, 0.717) is 18.7 Å². The number of hydrogen-bond acceptors (Lipinski definition) is 3. The van der Waals surface area contributed by atoms with Gasteiger partial charge >= 0.3 is 0 Å². The number of carbonyl (C=O) groups is 1. The third kappa shape index (κ3) is 6.15. The molecular formula is C20H25FN2O3S. The Bertz CT molecular complexity index is 850.